The largest absolute Gasteiger partial charge is 0.452 e. The van der Waals surface area contributed by atoms with Crippen molar-refractivity contribution < 1.29 is 14.3 Å². The first-order chi connectivity index (χ1) is 8.67. The smallest absolute Gasteiger partial charge is 0.338 e. The molecule has 0 heterocycles. The summed E-state index contributed by atoms with van der Waals surface area (Å²) in [6, 6.07) is 8.06. The highest BCUT2D eigenvalue weighted by Gasteiger charge is 2.10. The maximum Gasteiger partial charge on any atom is 0.338 e. The number of hydrogen-bond acceptors (Lipinski definition) is 4. The van der Waals surface area contributed by atoms with Gasteiger partial charge < -0.3 is 10.1 Å². The second-order valence-electron chi connectivity index (χ2n) is 3.62. The lowest BCUT2D eigenvalue weighted by molar-refractivity contribution is -0.124. The van der Waals surface area contributed by atoms with Crippen LogP contribution in [0, 0.1) is 11.3 Å². The Morgan fingerprint density at radius 2 is 2.22 bits per heavy atom. The summed E-state index contributed by atoms with van der Waals surface area (Å²) in [6.45, 7) is 2.18. The standard InChI is InChI=1S/C13H14N2O3/c1-2-6-15-12(16)9-18-13(17)11-5-3-4-10(7-11)8-14/h3-5,7H,2,6,9H2,1H3,(H,15,16). The van der Waals surface area contributed by atoms with Crippen LogP contribution in [0.3, 0.4) is 0 Å². The summed E-state index contributed by atoms with van der Waals surface area (Å²) in [7, 11) is 0. The fraction of sp³-hybridized carbons (Fsp3) is 0.308. The number of amides is 1. The van der Waals surface area contributed by atoms with Crippen molar-refractivity contribution in [2.75, 3.05) is 13.2 Å². The van der Waals surface area contributed by atoms with Crippen molar-refractivity contribution in [2.45, 2.75) is 13.3 Å². The molecular weight excluding hydrogens is 232 g/mol. The van der Waals surface area contributed by atoms with Gasteiger partial charge in [-0.25, -0.2) is 4.79 Å². The molecule has 0 aromatic heterocycles. The minimum Gasteiger partial charge on any atom is -0.452 e. The van der Waals surface area contributed by atoms with E-state index in [4.69, 9.17) is 10.00 Å². The quantitative estimate of drug-likeness (QED) is 0.793. The molecule has 1 N–H and O–H groups in total. The Bertz CT molecular complexity index is 477. The third-order valence-corrected chi connectivity index (χ3v) is 2.13. The first-order valence-corrected chi connectivity index (χ1v) is 5.61. The molecule has 1 amide bonds. The van der Waals surface area contributed by atoms with Gasteiger partial charge in [-0.15, -0.1) is 0 Å². The molecule has 0 radical (unpaired) electrons. The van der Waals surface area contributed by atoms with Crippen molar-refractivity contribution in [3.8, 4) is 6.07 Å². The average Bonchev–Trinajstić information content (AvgIpc) is 2.42. The fourth-order valence-corrected chi connectivity index (χ4v) is 1.25. The molecular formula is C13H14N2O3. The number of nitrogens with zero attached hydrogens (tertiary/aromatic N) is 1. The highest BCUT2D eigenvalue weighted by molar-refractivity contribution is 5.91. The number of carbonyl (C=O) groups excluding carboxylic acids is 2. The highest BCUT2D eigenvalue weighted by Crippen LogP contribution is 2.05. The van der Waals surface area contributed by atoms with Gasteiger partial charge in [0.1, 0.15) is 0 Å². The number of hydrogen-bond donors (Lipinski definition) is 1. The van der Waals surface area contributed by atoms with Crippen molar-refractivity contribution in [3.05, 3.63) is 35.4 Å². The van der Waals surface area contributed by atoms with Gasteiger partial charge in [0.05, 0.1) is 17.2 Å². The molecule has 0 aliphatic rings. The molecule has 5 heteroatoms. The number of carbonyl (C=O) groups is 2. The van der Waals surface area contributed by atoms with Crippen LogP contribution in [-0.2, 0) is 9.53 Å². The SMILES string of the molecule is CCCNC(=O)COC(=O)c1cccc(C#N)c1. The van der Waals surface area contributed by atoms with E-state index in [2.05, 4.69) is 5.32 Å². The Hall–Kier alpha value is -2.35. The molecule has 18 heavy (non-hydrogen) atoms. The van der Waals surface area contributed by atoms with Crippen LogP contribution in [0.2, 0.25) is 0 Å². The van der Waals surface area contributed by atoms with Gasteiger partial charge in [-0.2, -0.15) is 5.26 Å². The van der Waals surface area contributed by atoms with Crippen LogP contribution in [0.5, 0.6) is 0 Å². The number of nitriles is 1. The van der Waals surface area contributed by atoms with Crippen molar-refractivity contribution in [1.82, 2.24) is 5.32 Å². The molecule has 0 fully saturated rings. The summed E-state index contributed by atoms with van der Waals surface area (Å²) in [5.74, 6) is -0.944. The van der Waals surface area contributed by atoms with E-state index in [0.717, 1.165) is 6.42 Å². The summed E-state index contributed by atoms with van der Waals surface area (Å²) in [5, 5.41) is 11.3. The van der Waals surface area contributed by atoms with Crippen molar-refractivity contribution in [2.24, 2.45) is 0 Å². The lowest BCUT2D eigenvalue weighted by atomic mass is 10.1. The van der Waals surface area contributed by atoms with E-state index < -0.39 is 5.97 Å². The molecule has 0 unspecified atom stereocenters. The van der Waals surface area contributed by atoms with Crippen LogP contribution >= 0.6 is 0 Å². The van der Waals surface area contributed by atoms with E-state index in [1.54, 1.807) is 12.1 Å². The summed E-state index contributed by atoms with van der Waals surface area (Å²) in [4.78, 5) is 22.8. The Morgan fingerprint density at radius 1 is 1.44 bits per heavy atom. The van der Waals surface area contributed by atoms with Crippen molar-refractivity contribution in [3.63, 3.8) is 0 Å². The first kappa shape index (κ1) is 13.7. The van der Waals surface area contributed by atoms with Gasteiger partial charge in [0.15, 0.2) is 6.61 Å². The van der Waals surface area contributed by atoms with Crippen LogP contribution in [0.1, 0.15) is 29.3 Å². The minimum absolute atomic E-state index is 0.261. The van der Waals surface area contributed by atoms with Crippen LogP contribution in [0.15, 0.2) is 24.3 Å². The Balaban J connectivity index is 2.50. The zero-order valence-corrected chi connectivity index (χ0v) is 10.1. The van der Waals surface area contributed by atoms with E-state index in [1.807, 2.05) is 13.0 Å². The van der Waals surface area contributed by atoms with E-state index in [-0.39, 0.29) is 18.1 Å². The molecule has 0 bridgehead atoms. The predicted octanol–water partition coefficient (Wildman–Crippen LogP) is 1.24. The highest BCUT2D eigenvalue weighted by atomic mass is 16.5. The van der Waals surface area contributed by atoms with Gasteiger partial charge in [-0.3, -0.25) is 4.79 Å². The second kappa shape index (κ2) is 7.07. The molecule has 0 atom stereocenters. The van der Waals surface area contributed by atoms with Crippen molar-refractivity contribution >= 4 is 11.9 Å². The summed E-state index contributed by atoms with van der Waals surface area (Å²) in [6.07, 6.45) is 0.823. The fourth-order valence-electron chi connectivity index (χ4n) is 1.25. The van der Waals surface area contributed by atoms with E-state index in [1.165, 1.54) is 12.1 Å². The Morgan fingerprint density at radius 3 is 2.89 bits per heavy atom. The molecule has 5 nitrogen and oxygen atoms in total. The van der Waals surface area contributed by atoms with Crippen LogP contribution in [0.25, 0.3) is 0 Å². The maximum atomic E-state index is 11.6. The zero-order valence-electron chi connectivity index (χ0n) is 10.1. The summed E-state index contributed by atoms with van der Waals surface area (Å²) < 4.78 is 4.83. The third-order valence-electron chi connectivity index (χ3n) is 2.13. The van der Waals surface area contributed by atoms with E-state index in [0.29, 0.717) is 12.1 Å². The molecule has 0 saturated heterocycles. The number of nitrogens with one attached hydrogen (secondary N) is 1. The summed E-state index contributed by atoms with van der Waals surface area (Å²) in [5.41, 5.74) is 0.636. The van der Waals surface area contributed by atoms with Gasteiger partial charge in [-0.05, 0) is 24.6 Å². The lowest BCUT2D eigenvalue weighted by Crippen LogP contribution is -2.29. The second-order valence-corrected chi connectivity index (χ2v) is 3.62. The predicted molar refractivity (Wildman–Crippen MR) is 64.7 cm³/mol. The van der Waals surface area contributed by atoms with Crippen LogP contribution in [0.4, 0.5) is 0 Å². The monoisotopic (exact) mass is 246 g/mol. The zero-order chi connectivity index (χ0) is 13.4. The first-order valence-electron chi connectivity index (χ1n) is 5.61. The summed E-state index contributed by atoms with van der Waals surface area (Å²) >= 11 is 0. The normalized spacial score (nSPS) is 9.33. The average molecular weight is 246 g/mol. The molecule has 1 rings (SSSR count). The molecule has 1 aromatic carbocycles. The maximum absolute atomic E-state index is 11.6. The lowest BCUT2D eigenvalue weighted by Gasteiger charge is -2.05. The third kappa shape index (κ3) is 4.26. The van der Waals surface area contributed by atoms with Gasteiger partial charge >= 0.3 is 5.97 Å². The number of ether oxygens (including phenoxy) is 1. The number of esters is 1. The van der Waals surface area contributed by atoms with Crippen LogP contribution < -0.4 is 5.32 Å². The molecule has 0 aliphatic carbocycles. The molecule has 1 aromatic rings. The molecule has 0 saturated carbocycles. The Kier molecular flexibility index (Phi) is 5.39. The van der Waals surface area contributed by atoms with Gasteiger partial charge in [-0.1, -0.05) is 13.0 Å². The van der Waals surface area contributed by atoms with E-state index in [9.17, 15) is 9.59 Å². The van der Waals surface area contributed by atoms with Crippen LogP contribution in [-0.4, -0.2) is 25.0 Å². The van der Waals surface area contributed by atoms with Gasteiger partial charge in [0.25, 0.3) is 5.91 Å². The van der Waals surface area contributed by atoms with Crippen molar-refractivity contribution in [1.29, 1.82) is 5.26 Å². The molecule has 0 aliphatic heterocycles. The molecule has 94 valence electrons. The number of benzene rings is 1. The van der Waals surface area contributed by atoms with Gasteiger partial charge in [0.2, 0.25) is 0 Å². The van der Waals surface area contributed by atoms with E-state index >= 15 is 0 Å². The van der Waals surface area contributed by atoms with Gasteiger partial charge in [0, 0.05) is 6.54 Å². The topological polar surface area (TPSA) is 79.2 Å². The number of rotatable bonds is 5. The Labute approximate surface area is 105 Å². The minimum atomic E-state index is -0.612. The molecule has 0 spiro atoms.